The Labute approximate surface area is 89.9 Å². The highest BCUT2D eigenvalue weighted by molar-refractivity contribution is 5.84. The van der Waals surface area contributed by atoms with E-state index in [9.17, 15) is 0 Å². The summed E-state index contributed by atoms with van der Waals surface area (Å²) in [6.45, 7) is 6.13. The van der Waals surface area contributed by atoms with E-state index in [1.807, 2.05) is 51.1 Å². The molecule has 0 aliphatic rings. The summed E-state index contributed by atoms with van der Waals surface area (Å²) in [7, 11) is 0. The average Bonchev–Trinajstić information content (AvgIpc) is 2.16. The van der Waals surface area contributed by atoms with Crippen molar-refractivity contribution in [1.29, 1.82) is 0 Å². The van der Waals surface area contributed by atoms with Crippen LogP contribution in [-0.4, -0.2) is 10.6 Å². The molecule has 0 saturated heterocycles. The summed E-state index contributed by atoms with van der Waals surface area (Å²) in [4.78, 5) is 4.29. The molecule has 0 unspecified atom stereocenters. The van der Waals surface area contributed by atoms with Gasteiger partial charge in [0.1, 0.15) is 11.4 Å². The van der Waals surface area contributed by atoms with Crippen LogP contribution in [0.3, 0.4) is 0 Å². The van der Waals surface area contributed by atoms with Gasteiger partial charge in [-0.3, -0.25) is 4.98 Å². The Morgan fingerprint density at radius 2 is 1.80 bits per heavy atom. The first-order valence-electron chi connectivity index (χ1n) is 5.09. The van der Waals surface area contributed by atoms with Gasteiger partial charge < -0.3 is 4.74 Å². The lowest BCUT2D eigenvalue weighted by Crippen LogP contribution is -2.23. The van der Waals surface area contributed by atoms with Crippen molar-refractivity contribution in [2.75, 3.05) is 0 Å². The first kappa shape index (κ1) is 9.97. The van der Waals surface area contributed by atoms with E-state index in [2.05, 4.69) is 4.98 Å². The monoisotopic (exact) mass is 201 g/mol. The van der Waals surface area contributed by atoms with Crippen LogP contribution in [0.1, 0.15) is 20.8 Å². The molecule has 2 rings (SSSR count). The van der Waals surface area contributed by atoms with E-state index in [0.29, 0.717) is 0 Å². The minimum Gasteiger partial charge on any atom is -0.487 e. The Bertz CT molecular complexity index is 466. The molecular formula is C13H15NO. The number of rotatable bonds is 1. The van der Waals surface area contributed by atoms with Crippen LogP contribution >= 0.6 is 0 Å². The van der Waals surface area contributed by atoms with Gasteiger partial charge in [0, 0.05) is 11.6 Å². The van der Waals surface area contributed by atoms with Crippen molar-refractivity contribution in [2.24, 2.45) is 0 Å². The summed E-state index contributed by atoms with van der Waals surface area (Å²) in [6.07, 6.45) is 1.78. The molecule has 78 valence electrons. The number of aromatic nitrogens is 1. The van der Waals surface area contributed by atoms with E-state index in [1.165, 1.54) is 0 Å². The Hall–Kier alpha value is -1.57. The number of benzene rings is 1. The summed E-state index contributed by atoms with van der Waals surface area (Å²) in [5.41, 5.74) is 0.795. The summed E-state index contributed by atoms with van der Waals surface area (Å²) < 4.78 is 5.87. The van der Waals surface area contributed by atoms with E-state index in [-0.39, 0.29) is 5.60 Å². The van der Waals surface area contributed by atoms with Crippen LogP contribution in [0, 0.1) is 0 Å². The second kappa shape index (κ2) is 3.54. The molecule has 0 atom stereocenters. The van der Waals surface area contributed by atoms with Gasteiger partial charge >= 0.3 is 0 Å². The molecule has 1 heterocycles. The standard InChI is InChI=1S/C13H15NO/c1-13(2,3)15-12-8-9-14-11-7-5-4-6-10(11)12/h4-9H,1-3H3. The molecule has 2 aromatic rings. The highest BCUT2D eigenvalue weighted by Crippen LogP contribution is 2.26. The Balaban J connectivity index is 2.52. The van der Waals surface area contributed by atoms with Crippen molar-refractivity contribution in [1.82, 2.24) is 4.98 Å². The van der Waals surface area contributed by atoms with Crippen LogP contribution in [0.15, 0.2) is 36.5 Å². The normalized spacial score (nSPS) is 11.7. The lowest BCUT2D eigenvalue weighted by molar-refractivity contribution is 0.133. The number of pyridine rings is 1. The highest BCUT2D eigenvalue weighted by atomic mass is 16.5. The number of hydrogen-bond donors (Lipinski definition) is 0. The smallest absolute Gasteiger partial charge is 0.131 e. The maximum Gasteiger partial charge on any atom is 0.131 e. The predicted molar refractivity (Wildman–Crippen MR) is 62.1 cm³/mol. The third-order valence-electron chi connectivity index (χ3n) is 2.03. The number of fused-ring (bicyclic) bond motifs is 1. The molecule has 0 saturated carbocycles. The maximum atomic E-state index is 5.87. The number of hydrogen-bond acceptors (Lipinski definition) is 2. The fourth-order valence-corrected chi connectivity index (χ4v) is 1.49. The van der Waals surface area contributed by atoms with Crippen molar-refractivity contribution in [3.8, 4) is 5.75 Å². The molecule has 0 aliphatic carbocycles. The SMILES string of the molecule is CC(C)(C)Oc1ccnc2ccccc12. The van der Waals surface area contributed by atoms with Gasteiger partial charge in [-0.25, -0.2) is 0 Å². The molecular weight excluding hydrogens is 186 g/mol. The molecule has 2 nitrogen and oxygen atoms in total. The van der Waals surface area contributed by atoms with E-state index in [4.69, 9.17) is 4.74 Å². The van der Waals surface area contributed by atoms with Gasteiger partial charge in [0.25, 0.3) is 0 Å². The molecule has 2 heteroatoms. The second-order valence-electron chi connectivity index (χ2n) is 4.54. The van der Waals surface area contributed by atoms with E-state index in [1.54, 1.807) is 6.20 Å². The summed E-state index contributed by atoms with van der Waals surface area (Å²) in [5.74, 6) is 0.896. The predicted octanol–water partition coefficient (Wildman–Crippen LogP) is 3.41. The number of nitrogens with zero attached hydrogens (tertiary/aromatic N) is 1. The zero-order valence-corrected chi connectivity index (χ0v) is 9.32. The Morgan fingerprint density at radius 1 is 1.07 bits per heavy atom. The minimum atomic E-state index is -0.176. The van der Waals surface area contributed by atoms with Gasteiger partial charge in [0.05, 0.1) is 5.52 Å². The molecule has 0 N–H and O–H groups in total. The second-order valence-corrected chi connectivity index (χ2v) is 4.54. The lowest BCUT2D eigenvalue weighted by Gasteiger charge is -2.22. The van der Waals surface area contributed by atoms with Gasteiger partial charge in [-0.15, -0.1) is 0 Å². The molecule has 0 fully saturated rings. The third-order valence-corrected chi connectivity index (χ3v) is 2.03. The fraction of sp³-hybridized carbons (Fsp3) is 0.308. The largest absolute Gasteiger partial charge is 0.487 e. The summed E-state index contributed by atoms with van der Waals surface area (Å²) in [5, 5.41) is 1.06. The molecule has 1 aromatic carbocycles. The number of ether oxygens (including phenoxy) is 1. The molecule has 15 heavy (non-hydrogen) atoms. The topological polar surface area (TPSA) is 22.1 Å². The zero-order valence-electron chi connectivity index (χ0n) is 9.32. The highest BCUT2D eigenvalue weighted by Gasteiger charge is 2.13. The van der Waals surface area contributed by atoms with Crippen molar-refractivity contribution in [3.63, 3.8) is 0 Å². The van der Waals surface area contributed by atoms with E-state index < -0.39 is 0 Å². The van der Waals surface area contributed by atoms with Crippen LogP contribution in [0.5, 0.6) is 5.75 Å². The lowest BCUT2D eigenvalue weighted by atomic mass is 10.1. The first-order chi connectivity index (χ1) is 7.06. The van der Waals surface area contributed by atoms with Crippen LogP contribution in [-0.2, 0) is 0 Å². The van der Waals surface area contributed by atoms with E-state index in [0.717, 1.165) is 16.7 Å². The van der Waals surface area contributed by atoms with Crippen LogP contribution in [0.2, 0.25) is 0 Å². The molecule has 1 aromatic heterocycles. The van der Waals surface area contributed by atoms with E-state index >= 15 is 0 Å². The quantitative estimate of drug-likeness (QED) is 0.705. The van der Waals surface area contributed by atoms with Crippen molar-refractivity contribution < 1.29 is 4.74 Å². The summed E-state index contributed by atoms with van der Waals surface area (Å²) in [6, 6.07) is 9.91. The van der Waals surface area contributed by atoms with Gasteiger partial charge in [-0.05, 0) is 39.0 Å². The minimum absolute atomic E-state index is 0.176. The zero-order chi connectivity index (χ0) is 10.9. The Morgan fingerprint density at radius 3 is 2.53 bits per heavy atom. The number of para-hydroxylation sites is 1. The molecule has 0 aliphatic heterocycles. The van der Waals surface area contributed by atoms with Crippen LogP contribution in [0.25, 0.3) is 10.9 Å². The van der Waals surface area contributed by atoms with Crippen LogP contribution in [0.4, 0.5) is 0 Å². The molecule has 0 bridgehead atoms. The molecule has 0 spiro atoms. The Kier molecular flexibility index (Phi) is 2.35. The van der Waals surface area contributed by atoms with Crippen LogP contribution < -0.4 is 4.74 Å². The average molecular weight is 201 g/mol. The van der Waals surface area contributed by atoms with Gasteiger partial charge in [0.2, 0.25) is 0 Å². The third kappa shape index (κ3) is 2.27. The molecule has 0 amide bonds. The van der Waals surface area contributed by atoms with Crippen molar-refractivity contribution in [3.05, 3.63) is 36.5 Å². The van der Waals surface area contributed by atoms with Crippen molar-refractivity contribution >= 4 is 10.9 Å². The van der Waals surface area contributed by atoms with Gasteiger partial charge in [0.15, 0.2) is 0 Å². The summed E-state index contributed by atoms with van der Waals surface area (Å²) >= 11 is 0. The molecule has 0 radical (unpaired) electrons. The maximum absolute atomic E-state index is 5.87. The first-order valence-corrected chi connectivity index (χ1v) is 5.09. The van der Waals surface area contributed by atoms with Gasteiger partial charge in [-0.2, -0.15) is 0 Å². The van der Waals surface area contributed by atoms with Crippen molar-refractivity contribution in [2.45, 2.75) is 26.4 Å². The fourth-order valence-electron chi connectivity index (χ4n) is 1.49. The van der Waals surface area contributed by atoms with Gasteiger partial charge in [-0.1, -0.05) is 12.1 Å².